The van der Waals surface area contributed by atoms with Crippen molar-refractivity contribution in [3.63, 3.8) is 0 Å². The Balaban J connectivity index is 2.54. The number of benzene rings is 2. The smallest absolute Gasteiger partial charge is 0.206 e. The molecule has 2 N–H and O–H groups in total. The lowest BCUT2D eigenvalue weighted by Gasteiger charge is -2.12. The van der Waals surface area contributed by atoms with Crippen LogP contribution >= 0.6 is 0 Å². The summed E-state index contributed by atoms with van der Waals surface area (Å²) in [6.07, 6.45) is 1.37. The van der Waals surface area contributed by atoms with E-state index in [9.17, 15) is 8.42 Å². The van der Waals surface area contributed by atoms with Crippen LogP contribution in [0.1, 0.15) is 12.0 Å². The van der Waals surface area contributed by atoms with E-state index in [2.05, 4.69) is 0 Å². The van der Waals surface area contributed by atoms with E-state index < -0.39 is 9.84 Å². The summed E-state index contributed by atoms with van der Waals surface area (Å²) in [7, 11) is -2.03. The quantitative estimate of drug-likeness (QED) is 0.890. The largest absolute Gasteiger partial charge is 0.497 e. The molecule has 0 saturated heterocycles. The Morgan fingerprint density at radius 3 is 2.43 bits per heavy atom. The van der Waals surface area contributed by atoms with Gasteiger partial charge in [-0.1, -0.05) is 24.3 Å². The van der Waals surface area contributed by atoms with Crippen LogP contribution in [-0.4, -0.2) is 22.1 Å². The number of sulfone groups is 1. The molecule has 112 valence electrons. The van der Waals surface area contributed by atoms with Gasteiger partial charge < -0.3 is 10.5 Å². The summed E-state index contributed by atoms with van der Waals surface area (Å²) < 4.78 is 30.8. The van der Waals surface area contributed by atoms with Gasteiger partial charge in [0.2, 0.25) is 9.84 Å². The van der Waals surface area contributed by atoms with Gasteiger partial charge in [-0.3, -0.25) is 0 Å². The van der Waals surface area contributed by atoms with Crippen LogP contribution < -0.4 is 10.5 Å². The summed E-state index contributed by atoms with van der Waals surface area (Å²) >= 11 is 0. The Morgan fingerprint density at radius 2 is 1.81 bits per heavy atom. The van der Waals surface area contributed by atoms with Crippen molar-refractivity contribution >= 4 is 9.84 Å². The van der Waals surface area contributed by atoms with Gasteiger partial charge >= 0.3 is 0 Å². The third-order valence-electron chi connectivity index (χ3n) is 3.27. The maximum Gasteiger partial charge on any atom is 0.206 e. The minimum absolute atomic E-state index is 0.284. The van der Waals surface area contributed by atoms with E-state index in [0.717, 1.165) is 12.0 Å². The highest BCUT2D eigenvalue weighted by atomic mass is 32.2. The lowest BCUT2D eigenvalue weighted by Crippen LogP contribution is -2.08. The number of nitrogens with two attached hydrogens (primary N) is 1. The maximum atomic E-state index is 12.8. The van der Waals surface area contributed by atoms with E-state index in [1.165, 1.54) is 7.11 Å². The summed E-state index contributed by atoms with van der Waals surface area (Å²) in [4.78, 5) is 0.578. The molecule has 0 aliphatic carbocycles. The van der Waals surface area contributed by atoms with Crippen LogP contribution in [0.15, 0.2) is 58.3 Å². The molecule has 0 spiro atoms. The standard InChI is InChI=1S/C16H19NO3S/c1-20-14-10-9-13(6-5-11-17)16(12-14)21(18,19)15-7-3-2-4-8-15/h2-4,7-10,12H,5-6,11,17H2,1H3. The molecule has 4 nitrogen and oxygen atoms in total. The molecule has 2 aromatic rings. The second kappa shape index (κ2) is 6.74. The fourth-order valence-corrected chi connectivity index (χ4v) is 3.69. The van der Waals surface area contributed by atoms with Gasteiger partial charge in [0.25, 0.3) is 0 Å². The minimum atomic E-state index is -3.55. The van der Waals surface area contributed by atoms with Gasteiger partial charge in [0.05, 0.1) is 16.9 Å². The first-order valence-corrected chi connectivity index (χ1v) is 8.25. The number of rotatable bonds is 6. The summed E-state index contributed by atoms with van der Waals surface area (Å²) in [5.41, 5.74) is 6.30. The van der Waals surface area contributed by atoms with Crippen molar-refractivity contribution in [2.75, 3.05) is 13.7 Å². The van der Waals surface area contributed by atoms with Crippen molar-refractivity contribution in [2.45, 2.75) is 22.6 Å². The van der Waals surface area contributed by atoms with Crippen LogP contribution in [0.25, 0.3) is 0 Å². The van der Waals surface area contributed by atoms with E-state index in [4.69, 9.17) is 10.5 Å². The number of methoxy groups -OCH3 is 1. The zero-order valence-electron chi connectivity index (χ0n) is 12.0. The lowest BCUT2D eigenvalue weighted by atomic mass is 10.1. The van der Waals surface area contributed by atoms with Crippen molar-refractivity contribution in [3.05, 3.63) is 54.1 Å². The Labute approximate surface area is 125 Å². The van der Waals surface area contributed by atoms with E-state index in [1.54, 1.807) is 48.5 Å². The average Bonchev–Trinajstić information content (AvgIpc) is 2.53. The summed E-state index contributed by atoms with van der Waals surface area (Å²) in [5, 5.41) is 0. The van der Waals surface area contributed by atoms with Crippen LogP contribution in [0.4, 0.5) is 0 Å². The lowest BCUT2D eigenvalue weighted by molar-refractivity contribution is 0.413. The first kappa shape index (κ1) is 15.5. The molecular weight excluding hydrogens is 286 g/mol. The minimum Gasteiger partial charge on any atom is -0.497 e. The van der Waals surface area contributed by atoms with E-state index in [1.807, 2.05) is 0 Å². The number of ether oxygens (including phenoxy) is 1. The highest BCUT2D eigenvalue weighted by Gasteiger charge is 2.21. The molecule has 0 aliphatic rings. The van der Waals surface area contributed by atoms with Crippen molar-refractivity contribution in [3.8, 4) is 5.75 Å². The third kappa shape index (κ3) is 3.43. The first-order valence-electron chi connectivity index (χ1n) is 6.76. The normalized spacial score (nSPS) is 11.3. The summed E-state index contributed by atoms with van der Waals surface area (Å²) in [5.74, 6) is 0.529. The van der Waals surface area contributed by atoms with Gasteiger partial charge in [0.1, 0.15) is 5.75 Å². The number of hydrogen-bond donors (Lipinski definition) is 1. The van der Waals surface area contributed by atoms with Crippen LogP contribution in [0, 0.1) is 0 Å². The van der Waals surface area contributed by atoms with Gasteiger partial charge in [0.15, 0.2) is 0 Å². The molecule has 2 aromatic carbocycles. The van der Waals surface area contributed by atoms with Crippen molar-refractivity contribution in [1.82, 2.24) is 0 Å². The summed E-state index contributed by atoms with van der Waals surface area (Å²) in [6, 6.07) is 13.6. The molecule has 0 aliphatic heterocycles. The second-order valence-corrected chi connectivity index (χ2v) is 6.60. The van der Waals surface area contributed by atoms with Crippen LogP contribution in [0.5, 0.6) is 5.75 Å². The third-order valence-corrected chi connectivity index (χ3v) is 5.12. The predicted molar refractivity (Wildman–Crippen MR) is 82.3 cm³/mol. The van der Waals surface area contributed by atoms with Crippen LogP contribution in [-0.2, 0) is 16.3 Å². The molecule has 0 heterocycles. The van der Waals surface area contributed by atoms with Crippen LogP contribution in [0.2, 0.25) is 0 Å². The molecule has 0 fully saturated rings. The van der Waals surface area contributed by atoms with Gasteiger partial charge in [-0.2, -0.15) is 0 Å². The van der Waals surface area contributed by atoms with Crippen molar-refractivity contribution in [1.29, 1.82) is 0 Å². The SMILES string of the molecule is COc1ccc(CCCN)c(S(=O)(=O)c2ccccc2)c1. The van der Waals surface area contributed by atoms with Gasteiger partial charge in [0, 0.05) is 0 Å². The maximum absolute atomic E-state index is 12.8. The fraction of sp³-hybridized carbons (Fsp3) is 0.250. The molecule has 0 radical (unpaired) electrons. The first-order chi connectivity index (χ1) is 10.1. The Kier molecular flexibility index (Phi) is 4.98. The molecule has 0 unspecified atom stereocenters. The zero-order valence-corrected chi connectivity index (χ0v) is 12.8. The molecule has 5 heteroatoms. The second-order valence-electron chi connectivity index (χ2n) is 4.68. The van der Waals surface area contributed by atoms with E-state index in [0.29, 0.717) is 23.6 Å². The molecule has 0 bridgehead atoms. The predicted octanol–water partition coefficient (Wildman–Crippen LogP) is 2.42. The fourth-order valence-electron chi connectivity index (χ4n) is 2.14. The summed E-state index contributed by atoms with van der Waals surface area (Å²) in [6.45, 7) is 0.525. The Bertz CT molecular complexity index is 697. The van der Waals surface area contributed by atoms with Crippen molar-refractivity contribution in [2.24, 2.45) is 5.73 Å². The molecule has 21 heavy (non-hydrogen) atoms. The number of aryl methyl sites for hydroxylation is 1. The van der Waals surface area contributed by atoms with Gasteiger partial charge in [-0.25, -0.2) is 8.42 Å². The van der Waals surface area contributed by atoms with Crippen molar-refractivity contribution < 1.29 is 13.2 Å². The van der Waals surface area contributed by atoms with Gasteiger partial charge in [-0.15, -0.1) is 0 Å². The average molecular weight is 305 g/mol. The molecule has 0 atom stereocenters. The monoisotopic (exact) mass is 305 g/mol. The topological polar surface area (TPSA) is 69.4 Å². The number of hydrogen-bond acceptors (Lipinski definition) is 4. The molecule has 2 rings (SSSR count). The highest BCUT2D eigenvalue weighted by molar-refractivity contribution is 7.91. The molecule has 0 aromatic heterocycles. The van der Waals surface area contributed by atoms with Crippen LogP contribution in [0.3, 0.4) is 0 Å². The molecule has 0 amide bonds. The van der Waals surface area contributed by atoms with E-state index >= 15 is 0 Å². The van der Waals surface area contributed by atoms with Gasteiger partial charge in [-0.05, 0) is 49.2 Å². The van der Waals surface area contributed by atoms with E-state index in [-0.39, 0.29) is 4.90 Å². The zero-order chi connectivity index (χ0) is 15.3. The molecular formula is C16H19NO3S. The molecule has 0 saturated carbocycles. The Morgan fingerprint density at radius 1 is 1.10 bits per heavy atom. The highest BCUT2D eigenvalue weighted by Crippen LogP contribution is 2.28. The Hall–Kier alpha value is -1.85.